The van der Waals surface area contributed by atoms with Crippen LogP contribution in [0.3, 0.4) is 0 Å². The van der Waals surface area contributed by atoms with E-state index < -0.39 is 6.10 Å². The van der Waals surface area contributed by atoms with Crippen molar-refractivity contribution in [1.29, 1.82) is 0 Å². The van der Waals surface area contributed by atoms with Crippen molar-refractivity contribution in [2.75, 3.05) is 0 Å². The van der Waals surface area contributed by atoms with Crippen LogP contribution in [-0.4, -0.2) is 21.6 Å². The van der Waals surface area contributed by atoms with Gasteiger partial charge in [0.15, 0.2) is 6.10 Å². The van der Waals surface area contributed by atoms with Crippen molar-refractivity contribution < 1.29 is 9.53 Å². The molecule has 0 aliphatic carbocycles. The number of carbonyl (C=O) groups is 1. The first-order valence-corrected chi connectivity index (χ1v) is 7.89. The van der Waals surface area contributed by atoms with Crippen LogP contribution in [0.25, 0.3) is 5.69 Å². The fourth-order valence-corrected chi connectivity index (χ4v) is 2.83. The summed E-state index contributed by atoms with van der Waals surface area (Å²) in [5, 5.41) is 2.95. The zero-order valence-electron chi connectivity index (χ0n) is 13.1. The summed E-state index contributed by atoms with van der Waals surface area (Å²) in [4.78, 5) is 16.3. The summed E-state index contributed by atoms with van der Waals surface area (Å²) in [6, 6.07) is 15.8. The highest BCUT2D eigenvalue weighted by Crippen LogP contribution is 2.28. The summed E-state index contributed by atoms with van der Waals surface area (Å²) in [5.74, 6) is 0.729. The molecule has 1 aliphatic heterocycles. The SMILES string of the molecule is O=C(NCc1ccc(-n2ccnc2)cc1)[C@@H]1Cc2ccccc2O1. The number of para-hydroxylation sites is 1. The molecule has 0 saturated carbocycles. The fourth-order valence-electron chi connectivity index (χ4n) is 2.83. The Labute approximate surface area is 139 Å². The summed E-state index contributed by atoms with van der Waals surface area (Å²) >= 11 is 0. The van der Waals surface area contributed by atoms with E-state index in [1.165, 1.54) is 0 Å². The van der Waals surface area contributed by atoms with Gasteiger partial charge in [0.05, 0.1) is 6.33 Å². The number of hydrogen-bond acceptors (Lipinski definition) is 3. The first kappa shape index (κ1) is 14.5. The number of carbonyl (C=O) groups excluding carboxylic acids is 1. The predicted molar refractivity (Wildman–Crippen MR) is 90.0 cm³/mol. The van der Waals surface area contributed by atoms with Crippen LogP contribution in [0.15, 0.2) is 67.3 Å². The molecule has 1 atom stereocenters. The Balaban J connectivity index is 1.35. The van der Waals surface area contributed by atoms with Gasteiger partial charge in [-0.05, 0) is 29.3 Å². The summed E-state index contributed by atoms with van der Waals surface area (Å²) in [7, 11) is 0. The van der Waals surface area contributed by atoms with Gasteiger partial charge in [0.2, 0.25) is 0 Å². The van der Waals surface area contributed by atoms with Crippen molar-refractivity contribution >= 4 is 5.91 Å². The van der Waals surface area contributed by atoms with E-state index in [0.29, 0.717) is 13.0 Å². The average molecular weight is 319 g/mol. The van der Waals surface area contributed by atoms with E-state index in [1.807, 2.05) is 59.3 Å². The van der Waals surface area contributed by atoms with Crippen LogP contribution in [0.5, 0.6) is 5.75 Å². The van der Waals surface area contributed by atoms with Gasteiger partial charge >= 0.3 is 0 Å². The van der Waals surface area contributed by atoms with Crippen molar-refractivity contribution in [3.8, 4) is 11.4 Å². The Bertz CT molecular complexity index is 816. The third kappa shape index (κ3) is 2.88. The second-order valence-electron chi connectivity index (χ2n) is 5.77. The number of aromatic nitrogens is 2. The normalized spacial score (nSPS) is 15.6. The summed E-state index contributed by atoms with van der Waals surface area (Å²) in [6.07, 6.45) is 5.58. The first-order chi connectivity index (χ1) is 11.8. The third-order valence-corrected chi connectivity index (χ3v) is 4.15. The van der Waals surface area contributed by atoms with Crippen molar-refractivity contribution in [2.24, 2.45) is 0 Å². The summed E-state index contributed by atoms with van der Waals surface area (Å²) < 4.78 is 7.64. The number of ether oxygens (including phenoxy) is 1. The molecule has 0 fully saturated rings. The minimum absolute atomic E-state index is 0.0788. The Morgan fingerprint density at radius 1 is 1.21 bits per heavy atom. The Kier molecular flexibility index (Phi) is 3.75. The molecule has 0 bridgehead atoms. The highest BCUT2D eigenvalue weighted by molar-refractivity contribution is 5.82. The molecule has 3 aromatic rings. The standard InChI is InChI=1S/C19H17N3O2/c23-19(18-11-15-3-1-2-4-17(15)24-18)21-12-14-5-7-16(8-6-14)22-10-9-20-13-22/h1-10,13,18H,11-12H2,(H,21,23)/t18-/m0/s1. The van der Waals surface area contributed by atoms with Crippen LogP contribution in [0.1, 0.15) is 11.1 Å². The molecule has 24 heavy (non-hydrogen) atoms. The van der Waals surface area contributed by atoms with Crippen molar-refractivity contribution in [3.63, 3.8) is 0 Å². The quantitative estimate of drug-likeness (QED) is 0.804. The molecule has 4 rings (SSSR count). The molecule has 0 unspecified atom stereocenters. The second kappa shape index (κ2) is 6.20. The Morgan fingerprint density at radius 2 is 2.04 bits per heavy atom. The maximum absolute atomic E-state index is 12.3. The van der Waals surface area contributed by atoms with Gasteiger partial charge in [0.1, 0.15) is 5.75 Å². The number of fused-ring (bicyclic) bond motifs is 1. The van der Waals surface area contributed by atoms with E-state index >= 15 is 0 Å². The molecule has 5 heteroatoms. The lowest BCUT2D eigenvalue weighted by atomic mass is 10.1. The van der Waals surface area contributed by atoms with Gasteiger partial charge < -0.3 is 14.6 Å². The summed E-state index contributed by atoms with van der Waals surface area (Å²) in [5.41, 5.74) is 3.17. The number of nitrogens with one attached hydrogen (secondary N) is 1. The van der Waals surface area contributed by atoms with Crippen LogP contribution in [-0.2, 0) is 17.8 Å². The number of benzene rings is 2. The zero-order valence-corrected chi connectivity index (χ0v) is 13.1. The molecule has 0 radical (unpaired) electrons. The van der Waals surface area contributed by atoms with Gasteiger partial charge in [-0.2, -0.15) is 0 Å². The second-order valence-corrected chi connectivity index (χ2v) is 5.77. The van der Waals surface area contributed by atoms with Crippen LogP contribution in [0.2, 0.25) is 0 Å². The van der Waals surface area contributed by atoms with E-state index in [-0.39, 0.29) is 5.91 Å². The number of rotatable bonds is 4. The first-order valence-electron chi connectivity index (χ1n) is 7.89. The summed E-state index contributed by atoms with van der Waals surface area (Å²) in [6.45, 7) is 0.485. The fraction of sp³-hybridized carbons (Fsp3) is 0.158. The van der Waals surface area contributed by atoms with Crippen molar-refractivity contribution in [1.82, 2.24) is 14.9 Å². The lowest BCUT2D eigenvalue weighted by Crippen LogP contribution is -2.37. The number of imidazole rings is 1. The molecule has 2 aromatic carbocycles. The van der Waals surface area contributed by atoms with Gasteiger partial charge in [-0.25, -0.2) is 4.98 Å². The maximum Gasteiger partial charge on any atom is 0.261 e. The van der Waals surface area contributed by atoms with E-state index in [1.54, 1.807) is 12.5 Å². The van der Waals surface area contributed by atoms with Gasteiger partial charge in [0.25, 0.3) is 5.91 Å². The molecule has 1 N–H and O–H groups in total. The van der Waals surface area contributed by atoms with Gasteiger partial charge in [-0.3, -0.25) is 4.79 Å². The Morgan fingerprint density at radius 3 is 2.79 bits per heavy atom. The average Bonchev–Trinajstić information content (AvgIpc) is 3.29. The van der Waals surface area contributed by atoms with Crippen LogP contribution < -0.4 is 10.1 Å². The smallest absolute Gasteiger partial charge is 0.261 e. The number of hydrogen-bond donors (Lipinski definition) is 1. The van der Waals surface area contributed by atoms with Gasteiger partial charge in [-0.15, -0.1) is 0 Å². The van der Waals surface area contributed by atoms with Gasteiger partial charge in [-0.1, -0.05) is 30.3 Å². The number of nitrogens with zero attached hydrogens (tertiary/aromatic N) is 2. The van der Waals surface area contributed by atoms with Crippen LogP contribution in [0, 0.1) is 0 Å². The molecule has 2 heterocycles. The van der Waals surface area contributed by atoms with E-state index in [2.05, 4.69) is 10.3 Å². The van der Waals surface area contributed by atoms with Gasteiger partial charge in [0, 0.05) is 31.0 Å². The molecule has 0 spiro atoms. The highest BCUT2D eigenvalue weighted by atomic mass is 16.5. The monoisotopic (exact) mass is 319 g/mol. The maximum atomic E-state index is 12.3. The number of amides is 1. The molecule has 1 aromatic heterocycles. The lowest BCUT2D eigenvalue weighted by molar-refractivity contribution is -0.127. The van der Waals surface area contributed by atoms with E-state index in [0.717, 1.165) is 22.6 Å². The van der Waals surface area contributed by atoms with E-state index in [9.17, 15) is 4.79 Å². The largest absolute Gasteiger partial charge is 0.480 e. The van der Waals surface area contributed by atoms with Crippen molar-refractivity contribution in [3.05, 3.63) is 78.4 Å². The minimum Gasteiger partial charge on any atom is -0.480 e. The van der Waals surface area contributed by atoms with E-state index in [4.69, 9.17) is 4.74 Å². The minimum atomic E-state index is -0.437. The molecule has 1 aliphatic rings. The zero-order chi connectivity index (χ0) is 16.4. The Hall–Kier alpha value is -3.08. The predicted octanol–water partition coefficient (Wildman–Crippen LogP) is 2.49. The van der Waals surface area contributed by atoms with Crippen LogP contribution >= 0.6 is 0 Å². The molecular formula is C19H17N3O2. The molecule has 5 nitrogen and oxygen atoms in total. The molecular weight excluding hydrogens is 302 g/mol. The lowest BCUT2D eigenvalue weighted by Gasteiger charge is -2.11. The van der Waals surface area contributed by atoms with Crippen molar-refractivity contribution in [2.45, 2.75) is 19.1 Å². The molecule has 120 valence electrons. The molecule has 1 amide bonds. The topological polar surface area (TPSA) is 56.2 Å². The highest BCUT2D eigenvalue weighted by Gasteiger charge is 2.28. The molecule has 0 saturated heterocycles. The third-order valence-electron chi connectivity index (χ3n) is 4.15. The van der Waals surface area contributed by atoms with Crippen LogP contribution in [0.4, 0.5) is 0 Å².